The number of aromatic nitrogens is 3. The second-order valence-electron chi connectivity index (χ2n) is 7.15. The Bertz CT molecular complexity index is 827. The maximum absolute atomic E-state index is 12.5. The molecular formula is C18H22N4O2S. The molecule has 2 aromatic heterocycles. The highest BCUT2D eigenvalue weighted by Gasteiger charge is 2.29. The molecule has 2 aromatic rings. The molecule has 0 spiro atoms. The lowest BCUT2D eigenvalue weighted by Crippen LogP contribution is -2.31. The predicted molar refractivity (Wildman–Crippen MR) is 97.7 cm³/mol. The molecule has 0 aliphatic carbocycles. The first kappa shape index (κ1) is 17.7. The van der Waals surface area contributed by atoms with Crippen molar-refractivity contribution in [1.82, 2.24) is 19.9 Å². The molecule has 1 aliphatic rings. The molecule has 3 heterocycles. The number of rotatable bonds is 4. The molecule has 1 amide bonds. The van der Waals surface area contributed by atoms with E-state index in [1.807, 2.05) is 39.0 Å². The van der Waals surface area contributed by atoms with Gasteiger partial charge >= 0.3 is 0 Å². The standard InChI is InChI=1S/C18H22N4O2S/c1-18(2,3)14-9-16(24)22-13(11-25-17(22)21-14)8-15(23)20-10-12-6-4-5-7-19-12/h4-7,9,13H,8,10-11H2,1-3H3,(H,20,23)/t13-/m1/s1. The van der Waals surface area contributed by atoms with Gasteiger partial charge in [-0.15, -0.1) is 0 Å². The highest BCUT2D eigenvalue weighted by atomic mass is 32.2. The largest absolute Gasteiger partial charge is 0.350 e. The molecule has 0 saturated carbocycles. The Kier molecular flexibility index (Phi) is 4.94. The molecule has 0 fully saturated rings. The second-order valence-corrected chi connectivity index (χ2v) is 8.14. The van der Waals surface area contributed by atoms with Gasteiger partial charge < -0.3 is 5.32 Å². The molecule has 25 heavy (non-hydrogen) atoms. The molecule has 7 heteroatoms. The summed E-state index contributed by atoms with van der Waals surface area (Å²) in [6.07, 6.45) is 1.96. The fourth-order valence-corrected chi connectivity index (χ4v) is 3.82. The fourth-order valence-electron chi connectivity index (χ4n) is 2.67. The van der Waals surface area contributed by atoms with E-state index >= 15 is 0 Å². The van der Waals surface area contributed by atoms with E-state index in [0.717, 1.165) is 11.4 Å². The van der Waals surface area contributed by atoms with Crippen LogP contribution >= 0.6 is 11.8 Å². The summed E-state index contributed by atoms with van der Waals surface area (Å²) >= 11 is 1.54. The highest BCUT2D eigenvalue weighted by Crippen LogP contribution is 2.33. The molecule has 3 rings (SSSR count). The minimum Gasteiger partial charge on any atom is -0.350 e. The van der Waals surface area contributed by atoms with Crippen LogP contribution in [-0.4, -0.2) is 26.2 Å². The third-order valence-electron chi connectivity index (χ3n) is 4.07. The molecule has 6 nitrogen and oxygen atoms in total. The molecule has 1 aliphatic heterocycles. The van der Waals surface area contributed by atoms with Crippen LogP contribution in [0.3, 0.4) is 0 Å². The minimum atomic E-state index is -0.173. The smallest absolute Gasteiger partial charge is 0.254 e. The molecule has 0 bridgehead atoms. The summed E-state index contributed by atoms with van der Waals surface area (Å²) in [4.78, 5) is 33.6. The number of nitrogens with zero attached hydrogens (tertiary/aromatic N) is 3. The summed E-state index contributed by atoms with van der Waals surface area (Å²) in [6, 6.07) is 7.02. The molecule has 1 atom stereocenters. The van der Waals surface area contributed by atoms with E-state index in [1.165, 1.54) is 11.8 Å². The van der Waals surface area contributed by atoms with E-state index in [1.54, 1.807) is 16.8 Å². The molecule has 132 valence electrons. The van der Waals surface area contributed by atoms with Gasteiger partial charge in [0.1, 0.15) is 0 Å². The third kappa shape index (κ3) is 4.10. The van der Waals surface area contributed by atoms with Gasteiger partial charge in [-0.25, -0.2) is 4.98 Å². The molecule has 0 unspecified atom stereocenters. The Hall–Kier alpha value is -2.15. The Balaban J connectivity index is 1.69. The molecule has 0 saturated heterocycles. The van der Waals surface area contributed by atoms with Gasteiger partial charge in [-0.1, -0.05) is 38.6 Å². The van der Waals surface area contributed by atoms with Crippen molar-refractivity contribution in [3.05, 3.63) is 52.2 Å². The van der Waals surface area contributed by atoms with Crippen LogP contribution in [0.1, 0.15) is 44.6 Å². The Labute approximate surface area is 151 Å². The van der Waals surface area contributed by atoms with Crippen molar-refractivity contribution in [2.45, 2.75) is 50.4 Å². The van der Waals surface area contributed by atoms with E-state index in [0.29, 0.717) is 17.5 Å². The first-order valence-corrected chi connectivity index (χ1v) is 9.26. The number of thioether (sulfide) groups is 1. The van der Waals surface area contributed by atoms with E-state index in [9.17, 15) is 9.59 Å². The lowest BCUT2D eigenvalue weighted by atomic mass is 9.92. The van der Waals surface area contributed by atoms with Crippen LogP contribution in [0.4, 0.5) is 0 Å². The number of pyridine rings is 1. The number of carbonyl (C=O) groups excluding carboxylic acids is 1. The van der Waals surface area contributed by atoms with Gasteiger partial charge in [-0.3, -0.25) is 19.1 Å². The second kappa shape index (κ2) is 7.00. The maximum Gasteiger partial charge on any atom is 0.254 e. The van der Waals surface area contributed by atoms with E-state index in [2.05, 4.69) is 15.3 Å². The summed E-state index contributed by atoms with van der Waals surface area (Å²) in [5, 5.41) is 3.57. The minimum absolute atomic E-state index is 0.0811. The van der Waals surface area contributed by atoms with Crippen LogP contribution in [-0.2, 0) is 16.8 Å². The molecule has 1 N–H and O–H groups in total. The van der Waals surface area contributed by atoms with Gasteiger partial charge in [0.05, 0.1) is 24.0 Å². The lowest BCUT2D eigenvalue weighted by Gasteiger charge is -2.19. The van der Waals surface area contributed by atoms with Crippen LogP contribution in [0.2, 0.25) is 0 Å². The number of hydrogen-bond donors (Lipinski definition) is 1. The monoisotopic (exact) mass is 358 g/mol. The number of hydrogen-bond acceptors (Lipinski definition) is 5. The zero-order valence-electron chi connectivity index (χ0n) is 14.7. The average molecular weight is 358 g/mol. The normalized spacial score (nSPS) is 16.5. The first-order chi connectivity index (χ1) is 11.8. The predicted octanol–water partition coefficient (Wildman–Crippen LogP) is 2.29. The van der Waals surface area contributed by atoms with E-state index < -0.39 is 0 Å². The topological polar surface area (TPSA) is 76.9 Å². The zero-order valence-corrected chi connectivity index (χ0v) is 15.5. The number of fused-ring (bicyclic) bond motifs is 1. The zero-order chi connectivity index (χ0) is 18.0. The molecular weight excluding hydrogens is 336 g/mol. The van der Waals surface area contributed by atoms with Gasteiger partial charge in [-0.2, -0.15) is 0 Å². The Morgan fingerprint density at radius 2 is 2.20 bits per heavy atom. The van der Waals surface area contributed by atoms with Crippen molar-refractivity contribution >= 4 is 17.7 Å². The van der Waals surface area contributed by atoms with Gasteiger partial charge in [0.25, 0.3) is 5.56 Å². The Morgan fingerprint density at radius 3 is 2.88 bits per heavy atom. The van der Waals surface area contributed by atoms with Crippen molar-refractivity contribution in [2.24, 2.45) is 0 Å². The summed E-state index contributed by atoms with van der Waals surface area (Å²) < 4.78 is 1.65. The van der Waals surface area contributed by atoms with Crippen molar-refractivity contribution < 1.29 is 4.79 Å². The van der Waals surface area contributed by atoms with Crippen molar-refractivity contribution in [3.8, 4) is 0 Å². The molecule has 0 aromatic carbocycles. The van der Waals surface area contributed by atoms with Gasteiger partial charge in [0, 0.05) is 29.9 Å². The first-order valence-electron chi connectivity index (χ1n) is 8.28. The van der Waals surface area contributed by atoms with E-state index in [-0.39, 0.29) is 29.3 Å². The van der Waals surface area contributed by atoms with Crippen LogP contribution < -0.4 is 10.9 Å². The fraction of sp³-hybridized carbons (Fsp3) is 0.444. The number of carbonyl (C=O) groups is 1. The van der Waals surface area contributed by atoms with Crippen molar-refractivity contribution in [1.29, 1.82) is 0 Å². The summed E-state index contributed by atoms with van der Waals surface area (Å²) in [7, 11) is 0. The van der Waals surface area contributed by atoms with Crippen molar-refractivity contribution in [3.63, 3.8) is 0 Å². The summed E-state index contributed by atoms with van der Waals surface area (Å²) in [5.74, 6) is 0.600. The molecule has 0 radical (unpaired) electrons. The van der Waals surface area contributed by atoms with E-state index in [4.69, 9.17) is 0 Å². The van der Waals surface area contributed by atoms with Crippen LogP contribution in [0, 0.1) is 0 Å². The van der Waals surface area contributed by atoms with Crippen LogP contribution in [0.25, 0.3) is 0 Å². The average Bonchev–Trinajstić information content (AvgIpc) is 2.96. The van der Waals surface area contributed by atoms with Crippen LogP contribution in [0.15, 0.2) is 40.4 Å². The third-order valence-corrected chi connectivity index (χ3v) is 5.17. The van der Waals surface area contributed by atoms with Gasteiger partial charge in [0.15, 0.2) is 5.16 Å². The number of amides is 1. The number of nitrogens with one attached hydrogen (secondary N) is 1. The Morgan fingerprint density at radius 1 is 1.40 bits per heavy atom. The maximum atomic E-state index is 12.5. The van der Waals surface area contributed by atoms with Crippen LogP contribution in [0.5, 0.6) is 0 Å². The summed E-state index contributed by atoms with van der Waals surface area (Å²) in [5.41, 5.74) is 1.35. The quantitative estimate of drug-likeness (QED) is 0.849. The highest BCUT2D eigenvalue weighted by molar-refractivity contribution is 7.99. The van der Waals surface area contributed by atoms with Crippen molar-refractivity contribution in [2.75, 3.05) is 5.75 Å². The van der Waals surface area contributed by atoms with Gasteiger partial charge in [0.2, 0.25) is 5.91 Å². The lowest BCUT2D eigenvalue weighted by molar-refractivity contribution is -0.121. The summed E-state index contributed by atoms with van der Waals surface area (Å²) in [6.45, 7) is 6.50. The SMILES string of the molecule is CC(C)(C)c1cc(=O)n2c(n1)SC[C@H]2CC(=O)NCc1ccccn1. The van der Waals surface area contributed by atoms with Gasteiger partial charge in [-0.05, 0) is 12.1 Å².